The van der Waals surface area contributed by atoms with Crippen molar-refractivity contribution in [2.45, 2.75) is 45.3 Å². The predicted octanol–water partition coefficient (Wildman–Crippen LogP) is 3.00. The van der Waals surface area contributed by atoms with Gasteiger partial charge in [-0.2, -0.15) is 0 Å². The molecule has 2 unspecified atom stereocenters. The maximum atomic E-state index is 12.6. The minimum absolute atomic E-state index is 0.0937. The van der Waals surface area contributed by atoms with Crippen molar-refractivity contribution >= 4 is 17.2 Å². The predicted molar refractivity (Wildman–Crippen MR) is 77.9 cm³/mol. The number of thiophene rings is 1. The van der Waals surface area contributed by atoms with Crippen LogP contribution in [0.3, 0.4) is 0 Å². The van der Waals surface area contributed by atoms with Crippen molar-refractivity contribution < 1.29 is 4.79 Å². The van der Waals surface area contributed by atoms with Gasteiger partial charge in [-0.15, -0.1) is 11.3 Å². The third-order valence-electron chi connectivity index (χ3n) is 4.58. The molecule has 1 aliphatic carbocycles. The van der Waals surface area contributed by atoms with Gasteiger partial charge in [0.2, 0.25) is 5.91 Å². The quantitative estimate of drug-likeness (QED) is 0.918. The summed E-state index contributed by atoms with van der Waals surface area (Å²) in [7, 11) is 0. The molecule has 1 aliphatic heterocycles. The molecule has 2 fully saturated rings. The zero-order valence-electron chi connectivity index (χ0n) is 11.8. The van der Waals surface area contributed by atoms with E-state index in [0.717, 1.165) is 19.4 Å². The van der Waals surface area contributed by atoms with E-state index in [4.69, 9.17) is 0 Å². The summed E-state index contributed by atoms with van der Waals surface area (Å²) in [6, 6.07) is 4.19. The normalized spacial score (nSPS) is 26.4. The van der Waals surface area contributed by atoms with Gasteiger partial charge in [-0.1, -0.05) is 26.8 Å². The molecular formula is C15H22N2OS. The van der Waals surface area contributed by atoms with E-state index >= 15 is 0 Å². The first-order valence-electron chi connectivity index (χ1n) is 7.16. The van der Waals surface area contributed by atoms with Gasteiger partial charge < -0.3 is 4.90 Å². The second kappa shape index (κ2) is 4.60. The van der Waals surface area contributed by atoms with Crippen LogP contribution in [0, 0.1) is 11.8 Å². The molecule has 1 saturated carbocycles. The van der Waals surface area contributed by atoms with Crippen molar-refractivity contribution in [1.29, 1.82) is 0 Å². The van der Waals surface area contributed by atoms with E-state index in [-0.39, 0.29) is 11.7 Å². The zero-order chi connectivity index (χ0) is 13.6. The standard InChI is InChI=1S/C15H22N2OS/c1-10(2)11(3)9-17-13(12-5-4-8-19-12)16-15(6-7-15)14(17)18/h4-5,8,10-11,13,16H,6-7,9H2,1-3H3. The Morgan fingerprint density at radius 1 is 1.47 bits per heavy atom. The van der Waals surface area contributed by atoms with Crippen molar-refractivity contribution in [3.63, 3.8) is 0 Å². The number of amides is 1. The molecule has 3 rings (SSSR count). The van der Waals surface area contributed by atoms with Crippen LogP contribution in [0.1, 0.15) is 44.7 Å². The maximum absolute atomic E-state index is 12.6. The average molecular weight is 278 g/mol. The third-order valence-corrected chi connectivity index (χ3v) is 5.51. The lowest BCUT2D eigenvalue weighted by atomic mass is 9.97. The van der Waals surface area contributed by atoms with Crippen LogP contribution in [0.4, 0.5) is 0 Å². The highest BCUT2D eigenvalue weighted by atomic mass is 32.1. The van der Waals surface area contributed by atoms with E-state index in [9.17, 15) is 4.79 Å². The minimum atomic E-state index is -0.217. The van der Waals surface area contributed by atoms with Gasteiger partial charge in [0.25, 0.3) is 0 Å². The first kappa shape index (κ1) is 13.1. The summed E-state index contributed by atoms with van der Waals surface area (Å²) in [5.41, 5.74) is -0.217. The van der Waals surface area contributed by atoms with E-state index in [1.165, 1.54) is 4.88 Å². The lowest BCUT2D eigenvalue weighted by Crippen LogP contribution is -2.36. The van der Waals surface area contributed by atoms with E-state index in [2.05, 4.69) is 48.5 Å². The van der Waals surface area contributed by atoms with Crippen molar-refractivity contribution in [3.8, 4) is 0 Å². The molecule has 1 N–H and O–H groups in total. The Bertz CT molecular complexity index is 464. The first-order valence-corrected chi connectivity index (χ1v) is 8.04. The van der Waals surface area contributed by atoms with Gasteiger partial charge in [0.05, 0.1) is 0 Å². The average Bonchev–Trinajstić information content (AvgIpc) is 2.85. The van der Waals surface area contributed by atoms with Crippen LogP contribution < -0.4 is 5.32 Å². The van der Waals surface area contributed by atoms with Crippen molar-refractivity contribution in [3.05, 3.63) is 22.4 Å². The Morgan fingerprint density at radius 3 is 2.74 bits per heavy atom. The second-order valence-electron chi connectivity index (χ2n) is 6.32. The Hall–Kier alpha value is -0.870. The highest BCUT2D eigenvalue weighted by molar-refractivity contribution is 7.10. The van der Waals surface area contributed by atoms with Gasteiger partial charge in [-0.25, -0.2) is 0 Å². The van der Waals surface area contributed by atoms with E-state index in [0.29, 0.717) is 17.7 Å². The monoisotopic (exact) mass is 278 g/mol. The minimum Gasteiger partial charge on any atom is -0.320 e. The van der Waals surface area contributed by atoms with Gasteiger partial charge in [0.15, 0.2) is 0 Å². The number of hydrogen-bond acceptors (Lipinski definition) is 3. The molecule has 2 aliphatic rings. The number of rotatable bonds is 4. The Balaban J connectivity index is 1.83. The van der Waals surface area contributed by atoms with Crippen LogP contribution in [-0.2, 0) is 4.79 Å². The Kier molecular flexibility index (Phi) is 3.18. The molecule has 1 saturated heterocycles. The largest absolute Gasteiger partial charge is 0.320 e. The molecule has 2 atom stereocenters. The molecule has 4 heteroatoms. The SMILES string of the molecule is CC(C)C(C)CN1C(=O)C2(CC2)NC1c1cccs1. The van der Waals surface area contributed by atoms with Crippen molar-refractivity contribution in [2.75, 3.05) is 6.54 Å². The van der Waals surface area contributed by atoms with Crippen LogP contribution in [0.2, 0.25) is 0 Å². The number of carbonyl (C=O) groups excluding carboxylic acids is 1. The smallest absolute Gasteiger partial charge is 0.244 e. The molecule has 1 spiro atoms. The van der Waals surface area contributed by atoms with Crippen LogP contribution in [0.15, 0.2) is 17.5 Å². The number of hydrogen-bond donors (Lipinski definition) is 1. The molecule has 1 aromatic rings. The van der Waals surface area contributed by atoms with E-state index in [1.807, 2.05) is 0 Å². The summed E-state index contributed by atoms with van der Waals surface area (Å²) in [6.45, 7) is 7.55. The second-order valence-corrected chi connectivity index (χ2v) is 7.30. The molecule has 1 amide bonds. The van der Waals surface area contributed by atoms with Crippen LogP contribution in [0.5, 0.6) is 0 Å². The van der Waals surface area contributed by atoms with E-state index in [1.54, 1.807) is 11.3 Å². The summed E-state index contributed by atoms with van der Waals surface area (Å²) in [4.78, 5) is 16.0. The summed E-state index contributed by atoms with van der Waals surface area (Å²) >= 11 is 1.73. The lowest BCUT2D eigenvalue weighted by Gasteiger charge is -2.28. The van der Waals surface area contributed by atoms with Crippen molar-refractivity contribution in [1.82, 2.24) is 10.2 Å². The third kappa shape index (κ3) is 2.21. The first-order chi connectivity index (χ1) is 9.03. The molecule has 0 radical (unpaired) electrons. The van der Waals surface area contributed by atoms with Crippen LogP contribution in [0.25, 0.3) is 0 Å². The Morgan fingerprint density at radius 2 is 2.21 bits per heavy atom. The molecule has 2 heterocycles. The molecule has 1 aromatic heterocycles. The van der Waals surface area contributed by atoms with Crippen LogP contribution in [-0.4, -0.2) is 22.9 Å². The molecule has 3 nitrogen and oxygen atoms in total. The topological polar surface area (TPSA) is 32.3 Å². The molecule has 0 aromatic carbocycles. The number of nitrogens with one attached hydrogen (secondary N) is 1. The van der Waals surface area contributed by atoms with Gasteiger partial charge in [0, 0.05) is 11.4 Å². The molecule has 104 valence electrons. The fourth-order valence-corrected chi connectivity index (χ4v) is 3.44. The van der Waals surface area contributed by atoms with Crippen LogP contribution >= 0.6 is 11.3 Å². The molecular weight excluding hydrogens is 256 g/mol. The molecule has 0 bridgehead atoms. The summed E-state index contributed by atoms with van der Waals surface area (Å²) in [5, 5.41) is 5.66. The van der Waals surface area contributed by atoms with Gasteiger partial charge in [0.1, 0.15) is 11.7 Å². The van der Waals surface area contributed by atoms with Gasteiger partial charge in [-0.3, -0.25) is 10.1 Å². The summed E-state index contributed by atoms with van der Waals surface area (Å²) < 4.78 is 0. The zero-order valence-corrected chi connectivity index (χ0v) is 12.7. The lowest BCUT2D eigenvalue weighted by molar-refractivity contribution is -0.131. The van der Waals surface area contributed by atoms with Gasteiger partial charge in [-0.05, 0) is 36.1 Å². The summed E-state index contributed by atoms with van der Waals surface area (Å²) in [5.74, 6) is 1.45. The fourth-order valence-electron chi connectivity index (χ4n) is 2.66. The highest BCUT2D eigenvalue weighted by Crippen LogP contribution is 2.46. The van der Waals surface area contributed by atoms with Gasteiger partial charge >= 0.3 is 0 Å². The highest BCUT2D eigenvalue weighted by Gasteiger charge is 2.59. The van der Waals surface area contributed by atoms with E-state index < -0.39 is 0 Å². The fraction of sp³-hybridized carbons (Fsp3) is 0.667. The maximum Gasteiger partial charge on any atom is 0.244 e. The number of nitrogens with zero attached hydrogens (tertiary/aromatic N) is 1. The summed E-state index contributed by atoms with van der Waals surface area (Å²) in [6.07, 6.45) is 2.09. The van der Waals surface area contributed by atoms with Crippen molar-refractivity contribution in [2.24, 2.45) is 11.8 Å². The number of carbonyl (C=O) groups is 1. The Labute approximate surface area is 119 Å². The molecule has 19 heavy (non-hydrogen) atoms.